The molecule has 0 radical (unpaired) electrons. The van der Waals surface area contributed by atoms with Crippen molar-refractivity contribution in [3.63, 3.8) is 0 Å². The number of aromatic nitrogens is 2. The Morgan fingerprint density at radius 2 is 1.66 bits per heavy atom. The molecule has 1 N–H and O–H groups in total. The lowest BCUT2D eigenvalue weighted by Gasteiger charge is -2.20. The Morgan fingerprint density at radius 3 is 2.46 bits per heavy atom. The van der Waals surface area contributed by atoms with Crippen molar-refractivity contribution < 1.29 is 9.59 Å². The van der Waals surface area contributed by atoms with Gasteiger partial charge in [-0.15, -0.1) is 0 Å². The molecule has 2 heterocycles. The first-order valence-corrected chi connectivity index (χ1v) is 13.3. The van der Waals surface area contributed by atoms with Crippen LogP contribution in [0.3, 0.4) is 0 Å². The number of amides is 2. The zero-order valence-electron chi connectivity index (χ0n) is 20.3. The molecule has 0 unspecified atom stereocenters. The van der Waals surface area contributed by atoms with Gasteiger partial charge in [0.2, 0.25) is 5.91 Å². The first-order chi connectivity index (χ1) is 17.1. The van der Waals surface area contributed by atoms with Gasteiger partial charge in [-0.2, -0.15) is 0 Å². The number of hydrogen-bond donors (Lipinski definition) is 1. The van der Waals surface area contributed by atoms with Crippen LogP contribution in [-0.2, 0) is 17.8 Å². The van der Waals surface area contributed by atoms with Gasteiger partial charge in [-0.05, 0) is 49.9 Å². The number of likely N-dealkylation sites (tertiary alicyclic amines) is 1. The summed E-state index contributed by atoms with van der Waals surface area (Å²) in [6.45, 7) is 3.07. The molecule has 3 aromatic rings. The van der Waals surface area contributed by atoms with Gasteiger partial charge in [0.15, 0.2) is 0 Å². The third-order valence-electron chi connectivity index (χ3n) is 6.72. The van der Waals surface area contributed by atoms with E-state index in [0.29, 0.717) is 30.1 Å². The van der Waals surface area contributed by atoms with Crippen molar-refractivity contribution in [2.75, 3.05) is 19.6 Å². The van der Waals surface area contributed by atoms with Crippen LogP contribution >= 0.6 is 11.6 Å². The quantitative estimate of drug-likeness (QED) is 0.372. The normalized spacial score (nSPS) is 14.1. The first kappa shape index (κ1) is 25.2. The number of para-hydroxylation sites is 2. The fourth-order valence-corrected chi connectivity index (χ4v) is 5.00. The number of unbranched alkanes of at least 4 members (excludes halogenated alkanes) is 2. The van der Waals surface area contributed by atoms with Crippen LogP contribution in [-0.4, -0.2) is 45.9 Å². The van der Waals surface area contributed by atoms with E-state index in [1.165, 1.54) is 12.8 Å². The van der Waals surface area contributed by atoms with E-state index in [-0.39, 0.29) is 11.8 Å². The molecule has 2 aromatic carbocycles. The maximum absolute atomic E-state index is 12.9. The molecular formula is C28H35ClN4O2. The molecule has 1 saturated heterocycles. The summed E-state index contributed by atoms with van der Waals surface area (Å²) in [5.74, 6) is 1.16. The second-order valence-electron chi connectivity index (χ2n) is 9.26. The van der Waals surface area contributed by atoms with Gasteiger partial charge in [0, 0.05) is 39.0 Å². The van der Waals surface area contributed by atoms with Crippen LogP contribution in [0.25, 0.3) is 11.0 Å². The Morgan fingerprint density at radius 1 is 0.914 bits per heavy atom. The highest BCUT2D eigenvalue weighted by atomic mass is 35.5. The van der Waals surface area contributed by atoms with Crippen molar-refractivity contribution in [1.29, 1.82) is 0 Å². The van der Waals surface area contributed by atoms with E-state index in [1.54, 1.807) is 12.1 Å². The van der Waals surface area contributed by atoms with E-state index in [0.717, 1.165) is 68.5 Å². The smallest absolute Gasteiger partial charge is 0.252 e. The molecule has 35 heavy (non-hydrogen) atoms. The van der Waals surface area contributed by atoms with Crippen molar-refractivity contribution in [3.8, 4) is 0 Å². The molecule has 0 aliphatic carbocycles. The summed E-state index contributed by atoms with van der Waals surface area (Å²) in [5, 5.41) is 3.42. The fraction of sp³-hybridized carbons (Fsp3) is 0.464. The molecule has 0 spiro atoms. The molecular weight excluding hydrogens is 460 g/mol. The molecule has 186 valence electrons. The Hall–Kier alpha value is -2.86. The van der Waals surface area contributed by atoms with E-state index in [1.807, 2.05) is 35.2 Å². The summed E-state index contributed by atoms with van der Waals surface area (Å²) in [6.07, 6.45) is 8.90. The summed E-state index contributed by atoms with van der Waals surface area (Å²) in [5.41, 5.74) is 2.59. The number of fused-ring (bicyclic) bond motifs is 1. The van der Waals surface area contributed by atoms with Crippen LogP contribution in [0, 0.1) is 0 Å². The second-order valence-corrected chi connectivity index (χ2v) is 9.67. The molecule has 7 heteroatoms. The van der Waals surface area contributed by atoms with E-state index in [4.69, 9.17) is 16.6 Å². The SMILES string of the molecule is O=C(NCCCCCc1nc2ccccc2n1CCC(=O)N1CCCCCC1)c1ccccc1Cl. The number of rotatable bonds is 10. The Labute approximate surface area is 212 Å². The minimum absolute atomic E-state index is 0.133. The van der Waals surface area contributed by atoms with Crippen LogP contribution in [0.1, 0.15) is 67.5 Å². The van der Waals surface area contributed by atoms with Crippen molar-refractivity contribution >= 4 is 34.4 Å². The predicted octanol–water partition coefficient (Wildman–Crippen LogP) is 5.63. The number of carbonyl (C=O) groups is 2. The monoisotopic (exact) mass is 494 g/mol. The van der Waals surface area contributed by atoms with Crippen LogP contribution in [0.2, 0.25) is 5.02 Å². The van der Waals surface area contributed by atoms with Crippen molar-refractivity contribution in [3.05, 3.63) is 64.9 Å². The van der Waals surface area contributed by atoms with Gasteiger partial charge in [-0.1, -0.05) is 55.1 Å². The third kappa shape index (κ3) is 6.85. The van der Waals surface area contributed by atoms with Gasteiger partial charge in [0.25, 0.3) is 5.91 Å². The predicted molar refractivity (Wildman–Crippen MR) is 141 cm³/mol. The minimum Gasteiger partial charge on any atom is -0.352 e. The summed E-state index contributed by atoms with van der Waals surface area (Å²) >= 11 is 6.10. The molecule has 1 aromatic heterocycles. The zero-order valence-corrected chi connectivity index (χ0v) is 21.1. The van der Waals surface area contributed by atoms with Gasteiger partial charge in [0.05, 0.1) is 21.6 Å². The number of carbonyl (C=O) groups excluding carboxylic acids is 2. The van der Waals surface area contributed by atoms with Crippen molar-refractivity contribution in [1.82, 2.24) is 19.8 Å². The number of aryl methyl sites for hydroxylation is 2. The number of halogens is 1. The average Bonchev–Trinajstić information content (AvgIpc) is 3.02. The summed E-state index contributed by atoms with van der Waals surface area (Å²) in [7, 11) is 0. The highest BCUT2D eigenvalue weighted by Crippen LogP contribution is 2.20. The summed E-state index contributed by atoms with van der Waals surface area (Å²) in [6, 6.07) is 15.3. The number of imidazole rings is 1. The standard InChI is InChI=1S/C28H35ClN4O2/c29-23-13-6-5-12-22(23)28(35)30-18-9-3-4-16-26-31-24-14-7-8-15-25(24)33(26)21-17-27(34)32-19-10-1-2-11-20-32/h5-8,12-15H,1-4,9-11,16-21H2,(H,30,35). The minimum atomic E-state index is -0.133. The lowest BCUT2D eigenvalue weighted by Crippen LogP contribution is -2.32. The molecule has 6 nitrogen and oxygen atoms in total. The van der Waals surface area contributed by atoms with E-state index < -0.39 is 0 Å². The summed E-state index contributed by atoms with van der Waals surface area (Å²) in [4.78, 5) is 32.0. The molecule has 2 amide bonds. The van der Waals surface area contributed by atoms with Crippen molar-refractivity contribution in [2.45, 2.75) is 64.3 Å². The van der Waals surface area contributed by atoms with Gasteiger partial charge >= 0.3 is 0 Å². The molecule has 1 aliphatic rings. The maximum Gasteiger partial charge on any atom is 0.252 e. The maximum atomic E-state index is 12.9. The molecule has 1 aliphatic heterocycles. The Balaban J connectivity index is 1.28. The van der Waals surface area contributed by atoms with E-state index in [2.05, 4.69) is 16.0 Å². The topological polar surface area (TPSA) is 67.2 Å². The van der Waals surface area contributed by atoms with Gasteiger partial charge in [-0.25, -0.2) is 4.98 Å². The van der Waals surface area contributed by atoms with Crippen LogP contribution in [0.5, 0.6) is 0 Å². The van der Waals surface area contributed by atoms with E-state index in [9.17, 15) is 9.59 Å². The van der Waals surface area contributed by atoms with Crippen LogP contribution in [0.4, 0.5) is 0 Å². The lowest BCUT2D eigenvalue weighted by atomic mass is 10.1. The van der Waals surface area contributed by atoms with Crippen molar-refractivity contribution in [2.24, 2.45) is 0 Å². The highest BCUT2D eigenvalue weighted by molar-refractivity contribution is 6.33. The third-order valence-corrected chi connectivity index (χ3v) is 7.05. The Kier molecular flexibility index (Phi) is 9.18. The first-order valence-electron chi connectivity index (χ1n) is 12.9. The highest BCUT2D eigenvalue weighted by Gasteiger charge is 2.17. The number of benzene rings is 2. The molecule has 4 rings (SSSR count). The lowest BCUT2D eigenvalue weighted by molar-refractivity contribution is -0.131. The second kappa shape index (κ2) is 12.7. The molecule has 0 atom stereocenters. The van der Waals surface area contributed by atoms with Crippen LogP contribution < -0.4 is 5.32 Å². The average molecular weight is 495 g/mol. The van der Waals surface area contributed by atoms with Gasteiger partial charge in [0.1, 0.15) is 5.82 Å². The van der Waals surface area contributed by atoms with Crippen LogP contribution in [0.15, 0.2) is 48.5 Å². The number of nitrogens with one attached hydrogen (secondary N) is 1. The summed E-state index contributed by atoms with van der Waals surface area (Å²) < 4.78 is 2.23. The molecule has 0 saturated carbocycles. The zero-order chi connectivity index (χ0) is 24.5. The number of nitrogens with zero attached hydrogens (tertiary/aromatic N) is 3. The fourth-order valence-electron chi connectivity index (χ4n) is 4.78. The van der Waals surface area contributed by atoms with E-state index >= 15 is 0 Å². The molecule has 0 bridgehead atoms. The number of hydrogen-bond acceptors (Lipinski definition) is 3. The van der Waals surface area contributed by atoms with Gasteiger partial charge in [-0.3, -0.25) is 9.59 Å². The Bertz CT molecular complexity index is 1130. The largest absolute Gasteiger partial charge is 0.352 e. The molecule has 1 fully saturated rings. The van der Waals surface area contributed by atoms with Gasteiger partial charge < -0.3 is 14.8 Å².